The number of rotatable bonds is 1. The molecule has 2 unspecified atom stereocenters. The van der Waals surface area contributed by atoms with Crippen LogP contribution in [0.2, 0.25) is 0 Å². The molecule has 110 valence electrons. The normalized spacial score (nSPS) is 27.1. The lowest BCUT2D eigenvalue weighted by Gasteiger charge is -2.37. The number of aliphatic hydroxyl groups is 1. The van der Waals surface area contributed by atoms with Crippen LogP contribution >= 0.6 is 0 Å². The van der Waals surface area contributed by atoms with E-state index < -0.39 is 0 Å². The summed E-state index contributed by atoms with van der Waals surface area (Å²) in [6.07, 6.45) is 4.58. The van der Waals surface area contributed by atoms with Crippen LogP contribution in [0.25, 0.3) is 0 Å². The monoisotopic (exact) mass is 285 g/mol. The van der Waals surface area contributed by atoms with Crippen molar-refractivity contribution in [1.29, 1.82) is 0 Å². The van der Waals surface area contributed by atoms with Crippen molar-refractivity contribution in [3.05, 3.63) is 29.6 Å². The summed E-state index contributed by atoms with van der Waals surface area (Å²) in [6.45, 7) is 0.254. The first kappa shape index (κ1) is 14.1. The Morgan fingerprint density at radius 3 is 2.81 bits per heavy atom. The smallest absolute Gasteiger partial charge is 0.274 e. The number of pyridine rings is 1. The minimum atomic E-state index is -0.285. The highest BCUT2D eigenvalue weighted by molar-refractivity contribution is 5.95. The standard InChI is InChI=1S/C16H19N3O2/c17-7-1-3-11-4-2-8-18-15(11)16(21)19-12-5-6-13(19)10-14(20)9-12/h2,4,8,12-14,20H,5-7,9-10,17H2. The summed E-state index contributed by atoms with van der Waals surface area (Å²) in [5, 5.41) is 9.84. The highest BCUT2D eigenvalue weighted by Gasteiger charge is 2.43. The number of piperidine rings is 1. The quantitative estimate of drug-likeness (QED) is 0.737. The molecule has 3 heterocycles. The van der Waals surface area contributed by atoms with Crippen LogP contribution in [0.5, 0.6) is 0 Å². The number of aromatic nitrogens is 1. The average molecular weight is 285 g/mol. The molecule has 0 radical (unpaired) electrons. The third-order valence-electron chi connectivity index (χ3n) is 4.28. The Morgan fingerprint density at radius 1 is 1.43 bits per heavy atom. The number of nitrogens with zero attached hydrogens (tertiary/aromatic N) is 2. The van der Waals surface area contributed by atoms with E-state index in [2.05, 4.69) is 16.8 Å². The minimum Gasteiger partial charge on any atom is -0.393 e. The topological polar surface area (TPSA) is 79.5 Å². The number of carbonyl (C=O) groups is 1. The molecule has 21 heavy (non-hydrogen) atoms. The second-order valence-corrected chi connectivity index (χ2v) is 5.63. The fourth-order valence-corrected chi connectivity index (χ4v) is 3.43. The maximum atomic E-state index is 12.8. The summed E-state index contributed by atoms with van der Waals surface area (Å²) in [7, 11) is 0. The summed E-state index contributed by atoms with van der Waals surface area (Å²) < 4.78 is 0. The molecule has 2 fully saturated rings. The average Bonchev–Trinajstić information content (AvgIpc) is 2.76. The van der Waals surface area contributed by atoms with Gasteiger partial charge in [0.2, 0.25) is 0 Å². The summed E-state index contributed by atoms with van der Waals surface area (Å²) in [5.41, 5.74) is 6.42. The zero-order valence-corrected chi connectivity index (χ0v) is 11.8. The van der Waals surface area contributed by atoms with E-state index in [-0.39, 0.29) is 30.6 Å². The first-order valence-corrected chi connectivity index (χ1v) is 7.35. The highest BCUT2D eigenvalue weighted by Crippen LogP contribution is 2.36. The van der Waals surface area contributed by atoms with E-state index >= 15 is 0 Å². The minimum absolute atomic E-state index is 0.0729. The van der Waals surface area contributed by atoms with Gasteiger partial charge in [-0.1, -0.05) is 11.8 Å². The third-order valence-corrected chi connectivity index (χ3v) is 4.28. The largest absolute Gasteiger partial charge is 0.393 e. The zero-order valence-electron chi connectivity index (χ0n) is 11.8. The van der Waals surface area contributed by atoms with Crippen LogP contribution in [-0.2, 0) is 0 Å². The Morgan fingerprint density at radius 2 is 2.14 bits per heavy atom. The van der Waals surface area contributed by atoms with E-state index in [1.807, 2.05) is 4.90 Å². The van der Waals surface area contributed by atoms with Gasteiger partial charge >= 0.3 is 0 Å². The highest BCUT2D eigenvalue weighted by atomic mass is 16.3. The molecule has 1 aromatic heterocycles. The van der Waals surface area contributed by atoms with Gasteiger partial charge in [0.1, 0.15) is 5.69 Å². The Kier molecular flexibility index (Phi) is 3.91. The van der Waals surface area contributed by atoms with Crippen LogP contribution in [0.15, 0.2) is 18.3 Å². The Balaban J connectivity index is 1.90. The van der Waals surface area contributed by atoms with Crippen LogP contribution in [0.3, 0.4) is 0 Å². The number of aliphatic hydroxyl groups excluding tert-OH is 1. The first-order valence-electron chi connectivity index (χ1n) is 7.35. The van der Waals surface area contributed by atoms with Gasteiger partial charge in [-0.2, -0.15) is 0 Å². The predicted molar refractivity (Wildman–Crippen MR) is 78.4 cm³/mol. The maximum Gasteiger partial charge on any atom is 0.274 e. The number of amides is 1. The molecule has 0 aliphatic carbocycles. The van der Waals surface area contributed by atoms with E-state index in [1.54, 1.807) is 18.3 Å². The fraction of sp³-hybridized carbons (Fsp3) is 0.500. The third kappa shape index (κ3) is 2.65. The number of carbonyl (C=O) groups excluding carboxylic acids is 1. The lowest BCUT2D eigenvalue weighted by atomic mass is 9.99. The van der Waals surface area contributed by atoms with Gasteiger partial charge in [0, 0.05) is 18.3 Å². The molecule has 0 spiro atoms. The van der Waals surface area contributed by atoms with E-state index in [9.17, 15) is 9.90 Å². The molecule has 2 aliphatic heterocycles. The van der Waals surface area contributed by atoms with E-state index in [0.29, 0.717) is 24.1 Å². The second kappa shape index (κ2) is 5.84. The summed E-state index contributed by atoms with van der Waals surface area (Å²) in [4.78, 5) is 19.0. The van der Waals surface area contributed by atoms with Crippen molar-refractivity contribution in [3.63, 3.8) is 0 Å². The molecule has 2 aliphatic rings. The van der Waals surface area contributed by atoms with Crippen molar-refractivity contribution in [2.24, 2.45) is 5.73 Å². The van der Waals surface area contributed by atoms with Crippen molar-refractivity contribution in [2.45, 2.75) is 43.9 Å². The van der Waals surface area contributed by atoms with Crippen LogP contribution < -0.4 is 5.73 Å². The van der Waals surface area contributed by atoms with Crippen LogP contribution in [0, 0.1) is 11.8 Å². The molecule has 3 rings (SSSR count). The van der Waals surface area contributed by atoms with Crippen LogP contribution in [0.1, 0.15) is 41.7 Å². The van der Waals surface area contributed by atoms with Crippen molar-refractivity contribution < 1.29 is 9.90 Å². The van der Waals surface area contributed by atoms with Crippen molar-refractivity contribution in [2.75, 3.05) is 6.54 Å². The molecule has 2 bridgehead atoms. The van der Waals surface area contributed by atoms with Crippen LogP contribution in [0.4, 0.5) is 0 Å². The van der Waals surface area contributed by atoms with Crippen molar-refractivity contribution >= 4 is 5.91 Å². The fourth-order valence-electron chi connectivity index (χ4n) is 3.43. The van der Waals surface area contributed by atoms with E-state index in [4.69, 9.17) is 5.73 Å². The Bertz CT molecular complexity index is 591. The molecule has 5 heteroatoms. The van der Waals surface area contributed by atoms with Gasteiger partial charge in [0.05, 0.1) is 18.2 Å². The Hall–Kier alpha value is -1.90. The lowest BCUT2D eigenvalue weighted by molar-refractivity contribution is 0.0282. The van der Waals surface area contributed by atoms with Gasteiger partial charge in [-0.3, -0.25) is 4.79 Å². The SMILES string of the molecule is NCC#Cc1cccnc1C(=O)N1C2CCC1CC(O)C2. The summed E-state index contributed by atoms with van der Waals surface area (Å²) in [6, 6.07) is 3.82. The van der Waals surface area contributed by atoms with E-state index in [1.165, 1.54) is 0 Å². The predicted octanol–water partition coefficient (Wildman–Crippen LogP) is 0.520. The van der Waals surface area contributed by atoms with Crippen molar-refractivity contribution in [1.82, 2.24) is 9.88 Å². The molecule has 2 saturated heterocycles. The molecular formula is C16H19N3O2. The van der Waals surface area contributed by atoms with E-state index in [0.717, 1.165) is 12.8 Å². The first-order chi connectivity index (χ1) is 10.2. The molecule has 1 aromatic rings. The summed E-state index contributed by atoms with van der Waals surface area (Å²) >= 11 is 0. The molecule has 3 N–H and O–H groups in total. The molecule has 1 amide bonds. The Labute approximate surface area is 124 Å². The second-order valence-electron chi connectivity index (χ2n) is 5.63. The number of nitrogens with two attached hydrogens (primary N) is 1. The van der Waals surface area contributed by atoms with Crippen LogP contribution in [-0.4, -0.2) is 45.6 Å². The zero-order chi connectivity index (χ0) is 14.8. The number of hydrogen-bond acceptors (Lipinski definition) is 4. The van der Waals surface area contributed by atoms with Crippen molar-refractivity contribution in [3.8, 4) is 11.8 Å². The molecule has 0 aromatic carbocycles. The molecule has 5 nitrogen and oxygen atoms in total. The molecule has 0 saturated carbocycles. The lowest BCUT2D eigenvalue weighted by Crippen LogP contribution is -2.48. The maximum absolute atomic E-state index is 12.8. The van der Waals surface area contributed by atoms with Gasteiger partial charge in [-0.15, -0.1) is 0 Å². The molecule has 2 atom stereocenters. The van der Waals surface area contributed by atoms with Gasteiger partial charge < -0.3 is 15.7 Å². The number of fused-ring (bicyclic) bond motifs is 2. The summed E-state index contributed by atoms with van der Waals surface area (Å²) in [5.74, 6) is 5.62. The number of hydrogen-bond donors (Lipinski definition) is 2. The van der Waals surface area contributed by atoms with Gasteiger partial charge in [0.15, 0.2) is 0 Å². The van der Waals surface area contributed by atoms with Gasteiger partial charge in [-0.05, 0) is 37.8 Å². The van der Waals surface area contributed by atoms with Gasteiger partial charge in [-0.25, -0.2) is 4.98 Å². The molecular weight excluding hydrogens is 266 g/mol. The van der Waals surface area contributed by atoms with Gasteiger partial charge in [0.25, 0.3) is 5.91 Å².